The summed E-state index contributed by atoms with van der Waals surface area (Å²) >= 11 is 0. The number of hydrogen-bond donors (Lipinski definition) is 0. The maximum Gasteiger partial charge on any atom is 0.340 e. The molecule has 0 atom stereocenters. The molecular weight excluding hydrogens is 372 g/mol. The van der Waals surface area contributed by atoms with Crippen LogP contribution < -0.4 is 4.90 Å². The van der Waals surface area contributed by atoms with Gasteiger partial charge in [-0.25, -0.2) is 9.59 Å². The number of carbonyl (C=O) groups excluding carboxylic acids is 2. The van der Waals surface area contributed by atoms with E-state index in [0.717, 1.165) is 32.4 Å². The standard InChI is InChI=1S/C22H24N2O5/c1-14-13-17(24-11-7-4-8-12-24)20(22(26)29-3)19(18(14)21(25)28-2)15-9-5-6-10-16(15)23-27/h5-6,9-10,13H,4,7-8,11-12H2,1-3H3. The summed E-state index contributed by atoms with van der Waals surface area (Å²) in [6, 6.07) is 8.45. The van der Waals surface area contributed by atoms with Crippen LogP contribution in [0.2, 0.25) is 0 Å². The van der Waals surface area contributed by atoms with Crippen molar-refractivity contribution in [2.24, 2.45) is 5.18 Å². The molecule has 152 valence electrons. The molecule has 1 aliphatic heterocycles. The van der Waals surface area contributed by atoms with Gasteiger partial charge in [-0.05, 0) is 49.1 Å². The van der Waals surface area contributed by atoms with E-state index in [1.807, 2.05) is 6.07 Å². The van der Waals surface area contributed by atoms with Crippen LogP contribution in [0.4, 0.5) is 11.4 Å². The molecular formula is C22H24N2O5. The summed E-state index contributed by atoms with van der Waals surface area (Å²) < 4.78 is 10.1. The van der Waals surface area contributed by atoms with E-state index in [2.05, 4.69) is 10.1 Å². The van der Waals surface area contributed by atoms with Gasteiger partial charge in [0.15, 0.2) is 0 Å². The predicted molar refractivity (Wildman–Crippen MR) is 111 cm³/mol. The van der Waals surface area contributed by atoms with E-state index in [4.69, 9.17) is 9.47 Å². The fraction of sp³-hybridized carbons (Fsp3) is 0.364. The number of esters is 2. The van der Waals surface area contributed by atoms with Gasteiger partial charge in [-0.3, -0.25) is 0 Å². The number of anilines is 1. The lowest BCUT2D eigenvalue weighted by molar-refractivity contribution is 0.0600. The second-order valence-corrected chi connectivity index (χ2v) is 6.98. The number of carbonyl (C=O) groups is 2. The van der Waals surface area contributed by atoms with Crippen LogP contribution in [0, 0.1) is 11.8 Å². The molecule has 2 aromatic carbocycles. The van der Waals surface area contributed by atoms with Crippen molar-refractivity contribution in [1.29, 1.82) is 0 Å². The average molecular weight is 396 g/mol. The molecule has 0 aliphatic carbocycles. The lowest BCUT2D eigenvalue weighted by Crippen LogP contribution is -2.31. The van der Waals surface area contributed by atoms with Gasteiger partial charge in [-0.15, -0.1) is 4.91 Å². The van der Waals surface area contributed by atoms with Gasteiger partial charge in [0, 0.05) is 24.2 Å². The second-order valence-electron chi connectivity index (χ2n) is 6.98. The highest BCUT2D eigenvalue weighted by Crippen LogP contribution is 2.42. The quantitative estimate of drug-likeness (QED) is 0.541. The van der Waals surface area contributed by atoms with Gasteiger partial charge in [0.1, 0.15) is 5.69 Å². The van der Waals surface area contributed by atoms with Crippen molar-refractivity contribution in [2.75, 3.05) is 32.2 Å². The van der Waals surface area contributed by atoms with Crippen molar-refractivity contribution in [2.45, 2.75) is 26.2 Å². The van der Waals surface area contributed by atoms with Crippen LogP contribution in [0.25, 0.3) is 11.1 Å². The van der Waals surface area contributed by atoms with E-state index < -0.39 is 11.9 Å². The van der Waals surface area contributed by atoms with Gasteiger partial charge < -0.3 is 14.4 Å². The summed E-state index contributed by atoms with van der Waals surface area (Å²) in [5, 5.41) is 3.10. The molecule has 7 heteroatoms. The van der Waals surface area contributed by atoms with Crippen LogP contribution in [0.5, 0.6) is 0 Å². The molecule has 3 rings (SSSR count). The third-order valence-corrected chi connectivity index (χ3v) is 5.25. The average Bonchev–Trinajstić information content (AvgIpc) is 2.77. The molecule has 1 saturated heterocycles. The molecule has 1 heterocycles. The Labute approximate surface area is 169 Å². The number of hydrogen-bond acceptors (Lipinski definition) is 7. The van der Waals surface area contributed by atoms with Crippen LogP contribution in [0.15, 0.2) is 35.5 Å². The first-order chi connectivity index (χ1) is 14.0. The molecule has 0 N–H and O–H groups in total. The number of aryl methyl sites for hydroxylation is 1. The first kappa shape index (κ1) is 20.5. The number of piperidine rings is 1. The van der Waals surface area contributed by atoms with Gasteiger partial charge in [-0.2, -0.15) is 0 Å². The maximum atomic E-state index is 12.9. The van der Waals surface area contributed by atoms with Crippen molar-refractivity contribution < 1.29 is 19.1 Å². The number of nitrogens with zero attached hydrogens (tertiary/aromatic N) is 2. The summed E-state index contributed by atoms with van der Waals surface area (Å²) in [5.41, 5.74) is 2.67. The number of ether oxygens (including phenoxy) is 2. The summed E-state index contributed by atoms with van der Waals surface area (Å²) in [5.74, 6) is -1.17. The monoisotopic (exact) mass is 396 g/mol. The predicted octanol–water partition coefficient (Wildman–Crippen LogP) is 4.62. The topological polar surface area (TPSA) is 85.3 Å². The lowest BCUT2D eigenvalue weighted by atomic mass is 9.88. The molecule has 29 heavy (non-hydrogen) atoms. The summed E-state index contributed by atoms with van der Waals surface area (Å²) in [6.45, 7) is 3.39. The molecule has 0 saturated carbocycles. The Morgan fingerprint density at radius 2 is 1.59 bits per heavy atom. The Morgan fingerprint density at radius 1 is 0.966 bits per heavy atom. The van der Waals surface area contributed by atoms with Crippen molar-refractivity contribution >= 4 is 23.3 Å². The van der Waals surface area contributed by atoms with E-state index in [1.165, 1.54) is 14.2 Å². The van der Waals surface area contributed by atoms with Crippen LogP contribution >= 0.6 is 0 Å². The Kier molecular flexibility index (Phi) is 6.26. The van der Waals surface area contributed by atoms with Gasteiger partial charge in [-0.1, -0.05) is 18.2 Å². The molecule has 0 aromatic heterocycles. The highest BCUT2D eigenvalue weighted by molar-refractivity contribution is 6.11. The zero-order valence-electron chi connectivity index (χ0n) is 16.9. The molecule has 7 nitrogen and oxygen atoms in total. The minimum atomic E-state index is -0.589. The van der Waals surface area contributed by atoms with Crippen molar-refractivity contribution in [3.8, 4) is 11.1 Å². The zero-order chi connectivity index (χ0) is 21.0. The van der Waals surface area contributed by atoms with Crippen LogP contribution in [0.1, 0.15) is 45.5 Å². The first-order valence-electron chi connectivity index (χ1n) is 9.55. The third kappa shape index (κ3) is 3.85. The zero-order valence-corrected chi connectivity index (χ0v) is 16.9. The second kappa shape index (κ2) is 8.86. The minimum absolute atomic E-state index is 0.137. The summed E-state index contributed by atoms with van der Waals surface area (Å²) in [7, 11) is 2.58. The van der Waals surface area contributed by atoms with Crippen LogP contribution in [-0.2, 0) is 9.47 Å². The highest BCUT2D eigenvalue weighted by Gasteiger charge is 2.31. The SMILES string of the molecule is COC(=O)c1c(C)cc(N2CCCCC2)c(C(=O)OC)c1-c1ccccc1N=O. The Hall–Kier alpha value is -3.22. The van der Waals surface area contributed by atoms with Crippen molar-refractivity contribution in [3.05, 3.63) is 51.9 Å². The molecule has 1 fully saturated rings. The van der Waals surface area contributed by atoms with E-state index in [0.29, 0.717) is 22.4 Å². The van der Waals surface area contributed by atoms with Crippen molar-refractivity contribution in [1.82, 2.24) is 0 Å². The molecule has 1 aliphatic rings. The van der Waals surface area contributed by atoms with Gasteiger partial charge in [0.25, 0.3) is 0 Å². The van der Waals surface area contributed by atoms with E-state index in [-0.39, 0.29) is 16.8 Å². The minimum Gasteiger partial charge on any atom is -0.465 e. The molecule has 0 spiro atoms. The van der Waals surface area contributed by atoms with Crippen LogP contribution in [-0.4, -0.2) is 39.2 Å². The number of rotatable bonds is 5. The van der Waals surface area contributed by atoms with Crippen molar-refractivity contribution in [3.63, 3.8) is 0 Å². The third-order valence-electron chi connectivity index (χ3n) is 5.25. The Morgan fingerprint density at radius 3 is 2.21 bits per heavy atom. The van der Waals surface area contributed by atoms with E-state index >= 15 is 0 Å². The highest BCUT2D eigenvalue weighted by atomic mass is 16.5. The Balaban J connectivity index is 2.43. The molecule has 2 aromatic rings. The largest absolute Gasteiger partial charge is 0.465 e. The maximum absolute atomic E-state index is 12.9. The molecule has 0 bridgehead atoms. The number of nitroso groups, excluding NO2 is 1. The van der Waals surface area contributed by atoms with E-state index in [1.54, 1.807) is 31.2 Å². The number of methoxy groups -OCH3 is 2. The summed E-state index contributed by atoms with van der Waals surface area (Å²) in [6.07, 6.45) is 3.16. The first-order valence-corrected chi connectivity index (χ1v) is 9.55. The lowest BCUT2D eigenvalue weighted by Gasteiger charge is -2.32. The summed E-state index contributed by atoms with van der Waals surface area (Å²) in [4.78, 5) is 39.2. The van der Waals surface area contributed by atoms with E-state index in [9.17, 15) is 14.5 Å². The van der Waals surface area contributed by atoms with Gasteiger partial charge in [0.2, 0.25) is 0 Å². The smallest absolute Gasteiger partial charge is 0.340 e. The molecule has 0 radical (unpaired) electrons. The Bertz CT molecular complexity index is 948. The number of benzene rings is 2. The van der Waals surface area contributed by atoms with Gasteiger partial charge >= 0.3 is 11.9 Å². The molecule has 0 unspecified atom stereocenters. The fourth-order valence-corrected chi connectivity index (χ4v) is 3.89. The van der Waals surface area contributed by atoms with Gasteiger partial charge in [0.05, 0.1) is 31.0 Å². The van der Waals surface area contributed by atoms with Crippen LogP contribution in [0.3, 0.4) is 0 Å². The normalized spacial score (nSPS) is 13.7. The fourth-order valence-electron chi connectivity index (χ4n) is 3.89. The molecule has 0 amide bonds.